The van der Waals surface area contributed by atoms with Crippen LogP contribution < -0.4 is 5.32 Å². The lowest BCUT2D eigenvalue weighted by atomic mass is 9.73. The third kappa shape index (κ3) is 3.06. The Hall–Kier alpha value is -1.54. The van der Waals surface area contributed by atoms with Crippen LogP contribution in [0.25, 0.3) is 5.70 Å². The zero-order valence-corrected chi connectivity index (χ0v) is 16.5. The highest BCUT2D eigenvalue weighted by molar-refractivity contribution is 7.12. The maximum atomic E-state index is 4.37. The number of nitrogens with one attached hydrogen (secondary N) is 1. The van der Waals surface area contributed by atoms with Gasteiger partial charge >= 0.3 is 0 Å². The van der Waals surface area contributed by atoms with Gasteiger partial charge in [-0.15, -0.1) is 11.3 Å². The van der Waals surface area contributed by atoms with Crippen molar-refractivity contribution in [2.45, 2.75) is 52.4 Å². The molecule has 0 aromatic carbocycles. The van der Waals surface area contributed by atoms with Gasteiger partial charge in [-0.3, -0.25) is 0 Å². The molecule has 1 aromatic heterocycles. The molecule has 1 N–H and O–H groups in total. The van der Waals surface area contributed by atoms with E-state index in [9.17, 15) is 0 Å². The summed E-state index contributed by atoms with van der Waals surface area (Å²) < 4.78 is 0. The normalized spacial score (nSPS) is 22.7. The van der Waals surface area contributed by atoms with Crippen molar-refractivity contribution < 1.29 is 0 Å². The van der Waals surface area contributed by atoms with Gasteiger partial charge in [-0.05, 0) is 92.1 Å². The highest BCUT2D eigenvalue weighted by Gasteiger charge is 2.30. The van der Waals surface area contributed by atoms with Gasteiger partial charge in [0, 0.05) is 27.6 Å². The molecule has 1 atom stereocenters. The molecule has 2 heteroatoms. The zero-order valence-electron chi connectivity index (χ0n) is 15.6. The minimum absolute atomic E-state index is 0.728. The van der Waals surface area contributed by atoms with Crippen LogP contribution >= 0.6 is 11.3 Å². The highest BCUT2D eigenvalue weighted by atomic mass is 32.1. The first-order valence-corrected chi connectivity index (χ1v) is 10.4. The van der Waals surface area contributed by atoms with Crippen LogP contribution in [0, 0.1) is 18.8 Å². The van der Waals surface area contributed by atoms with E-state index in [1.807, 2.05) is 11.3 Å². The Labute approximate surface area is 156 Å². The molecule has 25 heavy (non-hydrogen) atoms. The van der Waals surface area contributed by atoms with Crippen LogP contribution in [-0.2, 0) is 12.8 Å². The summed E-state index contributed by atoms with van der Waals surface area (Å²) in [6.07, 6.45) is 7.64. The van der Waals surface area contributed by atoms with Gasteiger partial charge in [-0.25, -0.2) is 0 Å². The van der Waals surface area contributed by atoms with E-state index in [1.165, 1.54) is 65.7 Å². The van der Waals surface area contributed by atoms with E-state index < -0.39 is 0 Å². The van der Waals surface area contributed by atoms with Crippen LogP contribution in [-0.4, -0.2) is 6.54 Å². The number of rotatable bonds is 6. The molecule has 132 valence electrons. The second kappa shape index (κ2) is 6.32. The van der Waals surface area contributed by atoms with E-state index >= 15 is 0 Å². The molecule has 0 aliphatic heterocycles. The predicted octanol–water partition coefficient (Wildman–Crippen LogP) is 5.96. The zero-order chi connectivity index (χ0) is 17.7. The molecule has 1 aromatic rings. The summed E-state index contributed by atoms with van der Waals surface area (Å²) in [5.74, 6) is 1.61. The van der Waals surface area contributed by atoms with Gasteiger partial charge in [0.2, 0.25) is 0 Å². The molecule has 0 bridgehead atoms. The van der Waals surface area contributed by atoms with Crippen LogP contribution in [0.4, 0.5) is 0 Å². The lowest BCUT2D eigenvalue weighted by molar-refractivity contribution is 0.457. The van der Waals surface area contributed by atoms with Gasteiger partial charge < -0.3 is 5.32 Å². The highest BCUT2D eigenvalue weighted by Crippen LogP contribution is 2.45. The molecule has 1 heterocycles. The molecule has 1 unspecified atom stereocenters. The Morgan fingerprint density at radius 1 is 1.12 bits per heavy atom. The molecule has 1 fully saturated rings. The molecule has 0 saturated heterocycles. The second-order valence-electron chi connectivity index (χ2n) is 8.11. The number of hydrogen-bond donors (Lipinski definition) is 1. The largest absolute Gasteiger partial charge is 0.385 e. The number of aryl methyl sites for hydroxylation is 2. The smallest absolute Gasteiger partial charge is 0.0354 e. The molecule has 0 radical (unpaired) electrons. The molecule has 1 saturated carbocycles. The van der Waals surface area contributed by atoms with Crippen molar-refractivity contribution in [2.75, 3.05) is 6.54 Å². The van der Waals surface area contributed by atoms with Gasteiger partial charge in [-0.1, -0.05) is 19.7 Å². The summed E-state index contributed by atoms with van der Waals surface area (Å²) in [5, 5.41) is 3.61. The first-order chi connectivity index (χ1) is 12.0. The Morgan fingerprint density at radius 3 is 2.56 bits per heavy atom. The fraction of sp³-hybridized carbons (Fsp3) is 0.478. The second-order valence-corrected chi connectivity index (χ2v) is 9.42. The molecule has 0 amide bonds. The Bertz CT molecular complexity index is 800. The summed E-state index contributed by atoms with van der Waals surface area (Å²) in [5.41, 5.74) is 9.36. The van der Waals surface area contributed by atoms with Crippen molar-refractivity contribution >= 4 is 17.0 Å². The summed E-state index contributed by atoms with van der Waals surface area (Å²) in [6, 6.07) is 0. The van der Waals surface area contributed by atoms with Crippen molar-refractivity contribution in [1.29, 1.82) is 0 Å². The lowest BCUT2D eigenvalue weighted by Gasteiger charge is -2.32. The molecule has 4 rings (SSSR count). The SMILES string of the molecule is C=C1C(=C)C(CC2CCc3sc(C)c(C(=C)NCC4CC4)c3C2)=C1C. The fourth-order valence-corrected chi connectivity index (χ4v) is 5.61. The molecular formula is C23H29NS. The number of allylic oxidation sites excluding steroid dienone is 4. The standard InChI is InChI=1S/C23H29NS/c1-13-14(2)20(15(13)3)10-19-8-9-22-21(11-19)23(17(5)25-22)16(4)24-12-18-6-7-18/h18-19,24H,1-2,4,6-12H2,3,5H3. The van der Waals surface area contributed by atoms with E-state index in [2.05, 4.69) is 38.9 Å². The van der Waals surface area contributed by atoms with Gasteiger partial charge in [0.25, 0.3) is 0 Å². The number of hydrogen-bond acceptors (Lipinski definition) is 2. The number of fused-ring (bicyclic) bond motifs is 1. The fourth-order valence-electron chi connectivity index (χ4n) is 4.36. The first-order valence-electron chi connectivity index (χ1n) is 9.58. The maximum absolute atomic E-state index is 4.37. The van der Waals surface area contributed by atoms with Crippen molar-refractivity contribution in [2.24, 2.45) is 11.8 Å². The van der Waals surface area contributed by atoms with Crippen LogP contribution in [0.5, 0.6) is 0 Å². The Kier molecular flexibility index (Phi) is 4.27. The van der Waals surface area contributed by atoms with Crippen molar-refractivity contribution in [1.82, 2.24) is 5.32 Å². The van der Waals surface area contributed by atoms with Crippen molar-refractivity contribution in [3.8, 4) is 0 Å². The van der Waals surface area contributed by atoms with E-state index in [-0.39, 0.29) is 0 Å². The van der Waals surface area contributed by atoms with E-state index in [0.29, 0.717) is 0 Å². The van der Waals surface area contributed by atoms with Gasteiger partial charge in [-0.2, -0.15) is 0 Å². The molecule has 3 aliphatic rings. The van der Waals surface area contributed by atoms with Crippen LogP contribution in [0.3, 0.4) is 0 Å². The van der Waals surface area contributed by atoms with Crippen molar-refractivity contribution in [3.63, 3.8) is 0 Å². The summed E-state index contributed by atoms with van der Waals surface area (Å²) in [4.78, 5) is 3.04. The summed E-state index contributed by atoms with van der Waals surface area (Å²) in [6.45, 7) is 18.2. The summed E-state index contributed by atoms with van der Waals surface area (Å²) in [7, 11) is 0. The van der Waals surface area contributed by atoms with Gasteiger partial charge in [0.05, 0.1) is 0 Å². The quantitative estimate of drug-likeness (QED) is 0.666. The minimum Gasteiger partial charge on any atom is -0.385 e. The van der Waals surface area contributed by atoms with E-state index in [0.717, 1.165) is 29.7 Å². The van der Waals surface area contributed by atoms with Crippen LogP contribution in [0.2, 0.25) is 0 Å². The third-order valence-corrected chi connectivity index (χ3v) is 7.48. The predicted molar refractivity (Wildman–Crippen MR) is 110 cm³/mol. The summed E-state index contributed by atoms with van der Waals surface area (Å²) >= 11 is 1.99. The lowest BCUT2D eigenvalue weighted by Crippen LogP contribution is -2.20. The van der Waals surface area contributed by atoms with Crippen LogP contribution in [0.15, 0.2) is 42.0 Å². The average molecular weight is 352 g/mol. The van der Waals surface area contributed by atoms with Gasteiger partial charge in [0.15, 0.2) is 0 Å². The maximum Gasteiger partial charge on any atom is 0.0354 e. The average Bonchev–Trinajstić information content (AvgIpc) is 3.37. The molecule has 1 nitrogen and oxygen atoms in total. The first kappa shape index (κ1) is 16.9. The molecule has 3 aliphatic carbocycles. The monoisotopic (exact) mass is 351 g/mol. The molecule has 0 spiro atoms. The van der Waals surface area contributed by atoms with Gasteiger partial charge in [0.1, 0.15) is 0 Å². The van der Waals surface area contributed by atoms with E-state index in [1.54, 1.807) is 10.4 Å². The molecular weight excluding hydrogens is 322 g/mol. The Balaban J connectivity index is 1.50. The van der Waals surface area contributed by atoms with Crippen molar-refractivity contribution in [3.05, 3.63) is 62.9 Å². The number of thiophene rings is 1. The Morgan fingerprint density at radius 2 is 1.88 bits per heavy atom. The minimum atomic E-state index is 0.728. The third-order valence-electron chi connectivity index (χ3n) is 6.27. The van der Waals surface area contributed by atoms with E-state index in [4.69, 9.17) is 0 Å². The topological polar surface area (TPSA) is 12.0 Å². The van der Waals surface area contributed by atoms with Crippen LogP contribution in [0.1, 0.15) is 53.5 Å².